The van der Waals surface area contributed by atoms with Crippen molar-refractivity contribution in [2.24, 2.45) is 4.99 Å². The molecule has 0 aliphatic carbocycles. The summed E-state index contributed by atoms with van der Waals surface area (Å²) in [6, 6.07) is 17.8. The summed E-state index contributed by atoms with van der Waals surface area (Å²) in [7, 11) is 5.26. The fourth-order valence-corrected chi connectivity index (χ4v) is 3.06. The van der Waals surface area contributed by atoms with Crippen LogP contribution in [-0.2, 0) is 19.6 Å². The molecule has 1 heterocycles. The first-order valence-electron chi connectivity index (χ1n) is 9.86. The Morgan fingerprint density at radius 2 is 1.68 bits per heavy atom. The summed E-state index contributed by atoms with van der Waals surface area (Å²) in [4.78, 5) is 17.9. The first kappa shape index (κ1) is 24.4. The number of guanidine groups is 1. The average molecular weight is 532 g/mol. The van der Waals surface area contributed by atoms with Crippen molar-refractivity contribution in [3.63, 3.8) is 0 Å². The van der Waals surface area contributed by atoms with Gasteiger partial charge in [-0.1, -0.05) is 36.4 Å². The van der Waals surface area contributed by atoms with Gasteiger partial charge in [-0.2, -0.15) is 5.10 Å². The molecule has 31 heavy (non-hydrogen) atoms. The van der Waals surface area contributed by atoms with Gasteiger partial charge in [0.1, 0.15) is 0 Å². The minimum absolute atomic E-state index is 0. The van der Waals surface area contributed by atoms with E-state index in [0.29, 0.717) is 18.7 Å². The van der Waals surface area contributed by atoms with Crippen LogP contribution in [0.1, 0.15) is 27.0 Å². The Kier molecular flexibility index (Phi) is 9.51. The lowest BCUT2D eigenvalue weighted by Crippen LogP contribution is -2.36. The number of carbonyl (C=O) groups is 1. The number of aromatic nitrogens is 2. The fourth-order valence-electron chi connectivity index (χ4n) is 3.06. The number of rotatable bonds is 7. The molecule has 1 amide bonds. The largest absolute Gasteiger partial charge is 0.352 e. The second-order valence-corrected chi connectivity index (χ2v) is 7.15. The zero-order valence-electron chi connectivity index (χ0n) is 18.1. The van der Waals surface area contributed by atoms with Crippen molar-refractivity contribution in [1.82, 2.24) is 25.3 Å². The van der Waals surface area contributed by atoms with Crippen LogP contribution in [0.2, 0.25) is 0 Å². The quantitative estimate of drug-likeness (QED) is 0.279. The van der Waals surface area contributed by atoms with E-state index in [9.17, 15) is 4.79 Å². The van der Waals surface area contributed by atoms with E-state index in [-0.39, 0.29) is 29.9 Å². The molecule has 0 aliphatic rings. The molecule has 0 saturated carbocycles. The Balaban J connectivity index is 0.00000341. The standard InChI is InChI=1S/C23H28N6O.HI/c1-24-23(25-15-18-9-11-19(12-10-18)22(30)28(2)3)26-16-20-7-4-5-8-21(20)17-29-14-6-13-27-29;/h4-14H,15-17H2,1-3H3,(H2,24,25,26);1H. The van der Waals surface area contributed by atoms with Crippen LogP contribution < -0.4 is 10.6 Å². The van der Waals surface area contributed by atoms with Gasteiger partial charge in [0.05, 0.1) is 6.54 Å². The lowest BCUT2D eigenvalue weighted by atomic mass is 10.1. The summed E-state index contributed by atoms with van der Waals surface area (Å²) in [5, 5.41) is 11.0. The molecule has 3 rings (SSSR count). The highest BCUT2D eigenvalue weighted by molar-refractivity contribution is 14.0. The molecular weight excluding hydrogens is 503 g/mol. The van der Waals surface area contributed by atoms with E-state index in [0.717, 1.165) is 18.1 Å². The minimum atomic E-state index is 0. The molecule has 164 valence electrons. The van der Waals surface area contributed by atoms with Crippen LogP contribution in [0.15, 0.2) is 72.0 Å². The number of hydrogen-bond donors (Lipinski definition) is 2. The van der Waals surface area contributed by atoms with E-state index < -0.39 is 0 Å². The number of hydrogen-bond acceptors (Lipinski definition) is 3. The molecule has 0 fully saturated rings. The molecule has 0 atom stereocenters. The molecule has 0 unspecified atom stereocenters. The van der Waals surface area contributed by atoms with E-state index in [1.807, 2.05) is 53.3 Å². The maximum Gasteiger partial charge on any atom is 0.253 e. The predicted molar refractivity (Wildman–Crippen MR) is 135 cm³/mol. The maximum absolute atomic E-state index is 12.0. The highest BCUT2D eigenvalue weighted by atomic mass is 127. The molecule has 0 spiro atoms. The number of aliphatic imine (C=N–C) groups is 1. The van der Waals surface area contributed by atoms with Gasteiger partial charge in [-0.25, -0.2) is 0 Å². The third-order valence-corrected chi connectivity index (χ3v) is 4.75. The van der Waals surface area contributed by atoms with Crippen LogP contribution in [0.5, 0.6) is 0 Å². The summed E-state index contributed by atoms with van der Waals surface area (Å²) in [5.74, 6) is 0.720. The van der Waals surface area contributed by atoms with E-state index in [1.54, 1.807) is 32.2 Å². The number of halogens is 1. The summed E-state index contributed by atoms with van der Waals surface area (Å²) >= 11 is 0. The Morgan fingerprint density at radius 3 is 2.29 bits per heavy atom. The summed E-state index contributed by atoms with van der Waals surface area (Å²) in [6.07, 6.45) is 3.75. The van der Waals surface area contributed by atoms with Crippen molar-refractivity contribution < 1.29 is 4.79 Å². The number of nitrogens with one attached hydrogen (secondary N) is 2. The van der Waals surface area contributed by atoms with Crippen molar-refractivity contribution in [3.05, 3.63) is 89.2 Å². The zero-order valence-corrected chi connectivity index (χ0v) is 20.4. The zero-order chi connectivity index (χ0) is 21.3. The van der Waals surface area contributed by atoms with E-state index in [2.05, 4.69) is 32.9 Å². The third kappa shape index (κ3) is 7.09. The van der Waals surface area contributed by atoms with Gasteiger partial charge in [-0.05, 0) is 34.9 Å². The Morgan fingerprint density at radius 1 is 1.00 bits per heavy atom. The summed E-state index contributed by atoms with van der Waals surface area (Å²) in [6.45, 7) is 2.01. The first-order chi connectivity index (χ1) is 14.6. The summed E-state index contributed by atoms with van der Waals surface area (Å²) in [5.41, 5.74) is 4.17. The van der Waals surface area contributed by atoms with Gasteiger partial charge in [-0.3, -0.25) is 14.5 Å². The van der Waals surface area contributed by atoms with Crippen molar-refractivity contribution in [1.29, 1.82) is 0 Å². The number of amides is 1. The lowest BCUT2D eigenvalue weighted by molar-refractivity contribution is 0.0827. The van der Waals surface area contributed by atoms with Crippen molar-refractivity contribution in [2.75, 3.05) is 21.1 Å². The second-order valence-electron chi connectivity index (χ2n) is 7.15. The Bertz CT molecular complexity index is 984. The van der Waals surface area contributed by atoms with Gasteiger partial charge >= 0.3 is 0 Å². The molecule has 8 heteroatoms. The molecule has 0 bridgehead atoms. The molecule has 1 aromatic heterocycles. The first-order valence-corrected chi connectivity index (χ1v) is 9.86. The van der Waals surface area contributed by atoms with Crippen molar-refractivity contribution in [3.8, 4) is 0 Å². The average Bonchev–Trinajstić information content (AvgIpc) is 3.28. The highest BCUT2D eigenvalue weighted by Crippen LogP contribution is 2.10. The van der Waals surface area contributed by atoms with Crippen LogP contribution in [0.25, 0.3) is 0 Å². The second kappa shape index (κ2) is 12.1. The van der Waals surface area contributed by atoms with Crippen molar-refractivity contribution >= 4 is 35.8 Å². The number of carbonyl (C=O) groups excluding carboxylic acids is 1. The van der Waals surface area contributed by atoms with E-state index in [1.165, 1.54) is 11.1 Å². The highest BCUT2D eigenvalue weighted by Gasteiger charge is 2.08. The lowest BCUT2D eigenvalue weighted by Gasteiger charge is -2.15. The summed E-state index contributed by atoms with van der Waals surface area (Å²) < 4.78 is 1.91. The van der Waals surface area contributed by atoms with Crippen LogP contribution in [0.4, 0.5) is 0 Å². The van der Waals surface area contributed by atoms with Crippen LogP contribution in [-0.4, -0.2) is 47.7 Å². The Labute approximate surface area is 200 Å². The van der Waals surface area contributed by atoms with Crippen LogP contribution >= 0.6 is 24.0 Å². The number of nitrogens with zero attached hydrogens (tertiary/aromatic N) is 4. The van der Waals surface area contributed by atoms with Gasteiger partial charge in [0.2, 0.25) is 0 Å². The molecule has 2 N–H and O–H groups in total. The molecule has 0 aliphatic heterocycles. The minimum Gasteiger partial charge on any atom is -0.352 e. The van der Waals surface area contributed by atoms with Crippen LogP contribution in [0.3, 0.4) is 0 Å². The van der Waals surface area contributed by atoms with Gasteiger partial charge in [0.15, 0.2) is 5.96 Å². The van der Waals surface area contributed by atoms with Crippen molar-refractivity contribution in [2.45, 2.75) is 19.6 Å². The third-order valence-electron chi connectivity index (χ3n) is 4.75. The van der Waals surface area contributed by atoms with Gasteiger partial charge in [0.25, 0.3) is 5.91 Å². The normalized spacial score (nSPS) is 10.9. The molecule has 3 aromatic rings. The smallest absolute Gasteiger partial charge is 0.253 e. The number of benzene rings is 2. The Hall–Kier alpha value is -2.88. The molecule has 7 nitrogen and oxygen atoms in total. The maximum atomic E-state index is 12.0. The SMILES string of the molecule is CN=C(NCc1ccc(C(=O)N(C)C)cc1)NCc1ccccc1Cn1cccn1.I. The van der Waals surface area contributed by atoms with E-state index in [4.69, 9.17) is 0 Å². The molecule has 0 saturated heterocycles. The van der Waals surface area contributed by atoms with Gasteiger partial charge in [-0.15, -0.1) is 24.0 Å². The monoisotopic (exact) mass is 532 g/mol. The fraction of sp³-hybridized carbons (Fsp3) is 0.261. The van der Waals surface area contributed by atoms with E-state index >= 15 is 0 Å². The molecule has 0 radical (unpaired) electrons. The predicted octanol–water partition coefficient (Wildman–Crippen LogP) is 3.12. The molecular formula is C23H29IN6O. The van der Waals surface area contributed by atoms with Gasteiger partial charge < -0.3 is 15.5 Å². The van der Waals surface area contributed by atoms with Gasteiger partial charge in [0, 0.05) is 52.2 Å². The topological polar surface area (TPSA) is 74.6 Å². The molecule has 2 aromatic carbocycles. The van der Waals surface area contributed by atoms with Crippen LogP contribution in [0, 0.1) is 0 Å².